The number of carbonyl (C=O) groups is 1. The van der Waals surface area contributed by atoms with Crippen LogP contribution in [-0.4, -0.2) is 16.1 Å². The summed E-state index contributed by atoms with van der Waals surface area (Å²) in [5.41, 5.74) is 1.06. The van der Waals surface area contributed by atoms with E-state index in [1.54, 1.807) is 0 Å². The summed E-state index contributed by atoms with van der Waals surface area (Å²) in [5.74, 6) is -0.262. The fourth-order valence-electron chi connectivity index (χ4n) is 1.99. The molecule has 20 heavy (non-hydrogen) atoms. The second-order valence-corrected chi connectivity index (χ2v) is 5.74. The molecule has 0 unspecified atom stereocenters. The van der Waals surface area contributed by atoms with Crippen LogP contribution in [-0.2, 0) is 6.54 Å². The van der Waals surface area contributed by atoms with Gasteiger partial charge in [-0.2, -0.15) is 0 Å². The van der Waals surface area contributed by atoms with Gasteiger partial charge in [-0.3, -0.25) is 4.79 Å². The number of halogens is 1. The zero-order valence-corrected chi connectivity index (χ0v) is 11.9. The van der Waals surface area contributed by atoms with Crippen LogP contribution in [0.1, 0.15) is 15.4 Å². The third kappa shape index (κ3) is 2.64. The highest BCUT2D eigenvalue weighted by molar-refractivity contribution is 7.17. The largest absolute Gasteiger partial charge is 0.346 e. The Bertz CT molecular complexity index is 766. The Kier molecular flexibility index (Phi) is 3.62. The van der Waals surface area contributed by atoms with Crippen LogP contribution in [0.4, 0.5) is 0 Å². The summed E-state index contributed by atoms with van der Waals surface area (Å²) >= 11 is 6.73. The number of hydrogen-bond acceptors (Lipinski definition) is 4. The predicted octanol–water partition coefficient (Wildman–Crippen LogP) is 3.27. The van der Waals surface area contributed by atoms with E-state index in [1.165, 1.54) is 0 Å². The molecular formula is C14H10ClN3OS. The molecule has 4 nitrogen and oxygen atoms in total. The number of hydrogen-bond donors (Lipinski definition) is 1. The molecule has 0 aliphatic rings. The Morgan fingerprint density at radius 1 is 1.15 bits per heavy atom. The first-order valence-corrected chi connectivity index (χ1v) is 7.17. The lowest BCUT2D eigenvalue weighted by atomic mass is 10.0. The molecule has 3 rings (SSSR count). The molecule has 6 heteroatoms. The van der Waals surface area contributed by atoms with Gasteiger partial charge in [0.1, 0.15) is 0 Å². The van der Waals surface area contributed by atoms with E-state index in [9.17, 15) is 4.79 Å². The maximum atomic E-state index is 11.9. The summed E-state index contributed by atoms with van der Waals surface area (Å²) in [5, 5.41) is 12.7. The van der Waals surface area contributed by atoms with E-state index in [4.69, 9.17) is 11.6 Å². The average Bonchev–Trinajstić information content (AvgIpc) is 2.91. The molecule has 0 saturated heterocycles. The van der Waals surface area contributed by atoms with Crippen LogP contribution >= 0.6 is 22.9 Å². The Labute approximate surface area is 124 Å². The fraction of sp³-hybridized carbons (Fsp3) is 0.0714. The van der Waals surface area contributed by atoms with Crippen molar-refractivity contribution in [3.8, 4) is 0 Å². The Morgan fingerprint density at radius 3 is 2.75 bits per heavy atom. The van der Waals surface area contributed by atoms with Crippen molar-refractivity contribution in [1.29, 1.82) is 0 Å². The first kappa shape index (κ1) is 13.0. The topological polar surface area (TPSA) is 54.9 Å². The van der Waals surface area contributed by atoms with Crippen LogP contribution in [0.25, 0.3) is 10.8 Å². The fourth-order valence-corrected chi connectivity index (χ4v) is 2.74. The van der Waals surface area contributed by atoms with Gasteiger partial charge >= 0.3 is 0 Å². The summed E-state index contributed by atoms with van der Waals surface area (Å²) in [6.45, 7) is 0.442. The van der Waals surface area contributed by atoms with Gasteiger partial charge < -0.3 is 5.32 Å². The summed E-state index contributed by atoms with van der Waals surface area (Å²) in [6, 6.07) is 14.1. The minimum absolute atomic E-state index is 0.262. The average molecular weight is 304 g/mol. The number of carbonyl (C=O) groups excluding carboxylic acids is 1. The van der Waals surface area contributed by atoms with Crippen molar-refractivity contribution in [3.05, 3.63) is 57.5 Å². The zero-order valence-electron chi connectivity index (χ0n) is 10.3. The molecule has 1 N–H and O–H groups in total. The molecule has 0 fully saturated rings. The Morgan fingerprint density at radius 2 is 1.95 bits per heavy atom. The molecular weight excluding hydrogens is 294 g/mol. The van der Waals surface area contributed by atoms with E-state index in [1.807, 2.05) is 42.5 Å². The molecule has 0 atom stereocenters. The molecule has 1 aromatic heterocycles. The maximum Gasteiger partial charge on any atom is 0.282 e. The first-order valence-electron chi connectivity index (χ1n) is 5.98. The number of amides is 1. The van der Waals surface area contributed by atoms with Crippen LogP contribution in [0, 0.1) is 0 Å². The van der Waals surface area contributed by atoms with E-state index in [2.05, 4.69) is 15.5 Å². The minimum Gasteiger partial charge on any atom is -0.346 e. The molecule has 100 valence electrons. The highest BCUT2D eigenvalue weighted by Crippen LogP contribution is 2.19. The van der Waals surface area contributed by atoms with Gasteiger partial charge in [-0.05, 0) is 27.9 Å². The lowest BCUT2D eigenvalue weighted by Crippen LogP contribution is -2.22. The van der Waals surface area contributed by atoms with Crippen LogP contribution < -0.4 is 5.32 Å². The van der Waals surface area contributed by atoms with Crippen molar-refractivity contribution in [2.75, 3.05) is 0 Å². The highest BCUT2D eigenvalue weighted by atomic mass is 35.5. The van der Waals surface area contributed by atoms with Crippen molar-refractivity contribution < 1.29 is 4.79 Å². The second-order valence-electron chi connectivity index (χ2n) is 4.18. The predicted molar refractivity (Wildman–Crippen MR) is 80.0 cm³/mol. The molecule has 3 aromatic rings. The van der Waals surface area contributed by atoms with Gasteiger partial charge in [0, 0.05) is 6.54 Å². The van der Waals surface area contributed by atoms with E-state index in [0.717, 1.165) is 27.7 Å². The molecule has 1 amide bonds. The smallest absolute Gasteiger partial charge is 0.282 e. The van der Waals surface area contributed by atoms with E-state index >= 15 is 0 Å². The number of nitrogens with zero attached hydrogens (tertiary/aromatic N) is 2. The number of fused-ring (bicyclic) bond motifs is 1. The number of rotatable bonds is 3. The molecule has 0 aliphatic heterocycles. The summed E-state index contributed by atoms with van der Waals surface area (Å²) < 4.78 is 0.264. The van der Waals surface area contributed by atoms with Crippen molar-refractivity contribution in [2.45, 2.75) is 6.54 Å². The zero-order chi connectivity index (χ0) is 13.9. The van der Waals surface area contributed by atoms with E-state index < -0.39 is 0 Å². The molecule has 0 bridgehead atoms. The third-order valence-corrected chi connectivity index (χ3v) is 3.93. The Hall–Kier alpha value is -1.98. The number of nitrogens with one attached hydrogen (secondary N) is 1. The third-order valence-electron chi connectivity index (χ3n) is 2.91. The van der Waals surface area contributed by atoms with Gasteiger partial charge in [-0.1, -0.05) is 53.8 Å². The van der Waals surface area contributed by atoms with Gasteiger partial charge in [0.15, 0.2) is 0 Å². The standard InChI is InChI=1S/C14H10ClN3OS/c15-14-18-17-13(20-14)12(19)16-8-10-6-3-5-9-4-1-2-7-11(9)10/h1-7H,8H2,(H,16,19). The molecule has 0 aliphatic carbocycles. The van der Waals surface area contributed by atoms with Crippen molar-refractivity contribution in [2.24, 2.45) is 0 Å². The lowest BCUT2D eigenvalue weighted by Gasteiger charge is -2.07. The van der Waals surface area contributed by atoms with Crippen molar-refractivity contribution in [3.63, 3.8) is 0 Å². The van der Waals surface area contributed by atoms with Crippen LogP contribution in [0.15, 0.2) is 42.5 Å². The summed E-state index contributed by atoms with van der Waals surface area (Å²) in [6.07, 6.45) is 0. The lowest BCUT2D eigenvalue weighted by molar-refractivity contribution is 0.0950. The Balaban J connectivity index is 1.79. The monoisotopic (exact) mass is 303 g/mol. The second kappa shape index (κ2) is 5.56. The number of aromatic nitrogens is 2. The van der Waals surface area contributed by atoms with Gasteiger partial charge in [0.25, 0.3) is 5.91 Å². The molecule has 0 spiro atoms. The van der Waals surface area contributed by atoms with Gasteiger partial charge in [0.2, 0.25) is 9.47 Å². The maximum absolute atomic E-state index is 11.9. The normalized spacial score (nSPS) is 10.7. The first-order chi connectivity index (χ1) is 9.74. The van der Waals surface area contributed by atoms with E-state index in [-0.39, 0.29) is 15.4 Å². The molecule has 0 saturated carbocycles. The van der Waals surface area contributed by atoms with Crippen LogP contribution in [0.3, 0.4) is 0 Å². The van der Waals surface area contributed by atoms with Crippen LogP contribution in [0.2, 0.25) is 4.47 Å². The van der Waals surface area contributed by atoms with E-state index in [0.29, 0.717) is 6.54 Å². The molecule has 2 aromatic carbocycles. The molecule has 1 heterocycles. The quantitative estimate of drug-likeness (QED) is 0.808. The number of benzene rings is 2. The molecule has 0 radical (unpaired) electrons. The SMILES string of the molecule is O=C(NCc1cccc2ccccc12)c1nnc(Cl)s1. The van der Waals surface area contributed by atoms with Crippen molar-refractivity contribution in [1.82, 2.24) is 15.5 Å². The van der Waals surface area contributed by atoms with Gasteiger partial charge in [-0.15, -0.1) is 10.2 Å². The van der Waals surface area contributed by atoms with Gasteiger partial charge in [-0.25, -0.2) is 0 Å². The van der Waals surface area contributed by atoms with Crippen LogP contribution in [0.5, 0.6) is 0 Å². The van der Waals surface area contributed by atoms with Gasteiger partial charge in [0.05, 0.1) is 0 Å². The summed E-state index contributed by atoms with van der Waals surface area (Å²) in [4.78, 5) is 11.9. The van der Waals surface area contributed by atoms with Crippen molar-refractivity contribution >= 4 is 39.6 Å². The minimum atomic E-state index is -0.262. The highest BCUT2D eigenvalue weighted by Gasteiger charge is 2.11. The summed E-state index contributed by atoms with van der Waals surface area (Å²) in [7, 11) is 0.